The van der Waals surface area contributed by atoms with Crippen LogP contribution in [0.3, 0.4) is 0 Å². The van der Waals surface area contributed by atoms with E-state index in [0.717, 1.165) is 30.4 Å². The Morgan fingerprint density at radius 2 is 1.57 bits per heavy atom. The molecule has 1 saturated heterocycles. The lowest BCUT2D eigenvalue weighted by Gasteiger charge is -2.35. The largest absolute Gasteiger partial charge is 0.355 e. The van der Waals surface area contributed by atoms with Crippen LogP contribution in [0.15, 0.2) is 24.3 Å². The molecule has 0 unspecified atom stereocenters. The minimum atomic E-state index is -0.0236. The van der Waals surface area contributed by atoms with Gasteiger partial charge in [-0.15, -0.1) is 0 Å². The van der Waals surface area contributed by atoms with Crippen LogP contribution in [0.25, 0.3) is 0 Å². The minimum absolute atomic E-state index is 0.0236. The molecule has 1 heterocycles. The smallest absolute Gasteiger partial charge is 0.223 e. The molecule has 28 heavy (non-hydrogen) atoms. The van der Waals surface area contributed by atoms with Crippen LogP contribution in [0.2, 0.25) is 0 Å². The van der Waals surface area contributed by atoms with Crippen LogP contribution in [0.1, 0.15) is 51.2 Å². The summed E-state index contributed by atoms with van der Waals surface area (Å²) in [6.07, 6.45) is 2.64. The van der Waals surface area contributed by atoms with E-state index >= 15 is 0 Å². The van der Waals surface area contributed by atoms with Crippen LogP contribution in [0, 0.1) is 23.7 Å². The van der Waals surface area contributed by atoms with Crippen molar-refractivity contribution in [3.63, 3.8) is 0 Å². The van der Waals surface area contributed by atoms with Crippen molar-refractivity contribution in [3.05, 3.63) is 35.4 Å². The lowest BCUT2D eigenvalue weighted by atomic mass is 9.91. The second kappa shape index (κ2) is 9.55. The van der Waals surface area contributed by atoms with E-state index in [1.165, 1.54) is 25.1 Å². The van der Waals surface area contributed by atoms with Gasteiger partial charge in [0.1, 0.15) is 0 Å². The van der Waals surface area contributed by atoms with Crippen LogP contribution >= 0.6 is 0 Å². The van der Waals surface area contributed by atoms with Gasteiger partial charge in [-0.1, -0.05) is 45.0 Å². The molecule has 2 N–H and O–H groups in total. The Bertz CT molecular complexity index is 663. The SMILES string of the molecule is C[C@@H]1C[C@H](C)CN(Cc2ccc(CNC(=O)CCNC(=O)[C@@H]3C[C@H]3C)cc2)C1. The predicted octanol–water partition coefficient (Wildman–Crippen LogP) is 2.94. The lowest BCUT2D eigenvalue weighted by molar-refractivity contribution is -0.123. The molecule has 5 nitrogen and oxygen atoms in total. The summed E-state index contributed by atoms with van der Waals surface area (Å²) in [7, 11) is 0. The number of amides is 2. The van der Waals surface area contributed by atoms with Gasteiger partial charge in [-0.25, -0.2) is 0 Å². The van der Waals surface area contributed by atoms with Gasteiger partial charge in [0.05, 0.1) is 0 Å². The third kappa shape index (κ3) is 6.33. The van der Waals surface area contributed by atoms with Gasteiger partial charge in [-0.05, 0) is 41.7 Å². The fourth-order valence-electron chi connectivity index (χ4n) is 4.35. The summed E-state index contributed by atoms with van der Waals surface area (Å²) in [4.78, 5) is 26.3. The summed E-state index contributed by atoms with van der Waals surface area (Å²) < 4.78 is 0. The first-order valence-electron chi connectivity index (χ1n) is 10.7. The Morgan fingerprint density at radius 3 is 2.18 bits per heavy atom. The maximum atomic E-state index is 12.0. The van der Waals surface area contributed by atoms with Gasteiger partial charge in [0.15, 0.2) is 0 Å². The van der Waals surface area contributed by atoms with E-state index < -0.39 is 0 Å². The molecule has 154 valence electrons. The normalized spacial score (nSPS) is 27.2. The Kier molecular flexibility index (Phi) is 7.11. The van der Waals surface area contributed by atoms with E-state index in [1.54, 1.807) is 0 Å². The molecule has 1 aliphatic carbocycles. The summed E-state index contributed by atoms with van der Waals surface area (Å²) in [5.41, 5.74) is 2.43. The molecule has 1 aromatic rings. The molecular formula is C23H35N3O2. The van der Waals surface area contributed by atoms with Gasteiger partial charge in [0.25, 0.3) is 0 Å². The second-order valence-electron chi connectivity index (χ2n) is 9.09. The van der Waals surface area contributed by atoms with Crippen molar-refractivity contribution in [2.45, 2.75) is 53.1 Å². The van der Waals surface area contributed by atoms with Gasteiger partial charge >= 0.3 is 0 Å². The van der Waals surface area contributed by atoms with Crippen LogP contribution in [-0.4, -0.2) is 36.3 Å². The topological polar surface area (TPSA) is 61.4 Å². The summed E-state index contributed by atoms with van der Waals surface area (Å²) in [5, 5.41) is 5.79. The highest BCUT2D eigenvalue weighted by molar-refractivity contribution is 5.82. The summed E-state index contributed by atoms with van der Waals surface area (Å²) >= 11 is 0. The number of likely N-dealkylation sites (tertiary alicyclic amines) is 1. The van der Waals surface area contributed by atoms with Gasteiger partial charge in [-0.2, -0.15) is 0 Å². The number of hydrogen-bond donors (Lipinski definition) is 2. The summed E-state index contributed by atoms with van der Waals surface area (Å²) in [5.74, 6) is 2.28. The Labute approximate surface area is 169 Å². The molecule has 5 heteroatoms. The quantitative estimate of drug-likeness (QED) is 0.723. The number of carbonyl (C=O) groups excluding carboxylic acids is 2. The Morgan fingerprint density at radius 1 is 0.964 bits per heavy atom. The highest BCUT2D eigenvalue weighted by Crippen LogP contribution is 2.37. The monoisotopic (exact) mass is 385 g/mol. The van der Waals surface area contributed by atoms with Crippen molar-refractivity contribution >= 4 is 11.8 Å². The number of hydrogen-bond acceptors (Lipinski definition) is 3. The maximum Gasteiger partial charge on any atom is 0.223 e. The number of rotatable bonds is 8. The van der Waals surface area contributed by atoms with Gasteiger partial charge < -0.3 is 10.6 Å². The molecule has 0 spiro atoms. The van der Waals surface area contributed by atoms with Crippen molar-refractivity contribution in [1.82, 2.24) is 15.5 Å². The average Bonchev–Trinajstić information content (AvgIpc) is 3.37. The molecule has 4 atom stereocenters. The molecule has 0 aromatic heterocycles. The third-order valence-electron chi connectivity index (χ3n) is 5.96. The first-order chi connectivity index (χ1) is 13.4. The number of piperidine rings is 1. The minimum Gasteiger partial charge on any atom is -0.355 e. The summed E-state index contributed by atoms with van der Waals surface area (Å²) in [6.45, 7) is 11.1. The zero-order valence-corrected chi connectivity index (χ0v) is 17.5. The lowest BCUT2D eigenvalue weighted by Crippen LogP contribution is -2.38. The molecule has 2 fully saturated rings. The predicted molar refractivity (Wildman–Crippen MR) is 111 cm³/mol. The molecule has 0 bridgehead atoms. The highest BCUT2D eigenvalue weighted by atomic mass is 16.2. The molecule has 2 aliphatic rings. The van der Waals surface area contributed by atoms with E-state index in [2.05, 4.69) is 60.6 Å². The summed E-state index contributed by atoms with van der Waals surface area (Å²) in [6, 6.07) is 8.54. The molecule has 2 amide bonds. The van der Waals surface area contributed by atoms with Crippen molar-refractivity contribution in [3.8, 4) is 0 Å². The molecule has 1 saturated carbocycles. The van der Waals surface area contributed by atoms with Crippen molar-refractivity contribution in [2.24, 2.45) is 23.7 Å². The van der Waals surface area contributed by atoms with E-state index in [9.17, 15) is 9.59 Å². The van der Waals surface area contributed by atoms with Gasteiger partial charge in [0, 0.05) is 45.1 Å². The van der Waals surface area contributed by atoms with E-state index in [4.69, 9.17) is 0 Å². The van der Waals surface area contributed by atoms with Crippen LogP contribution in [0.4, 0.5) is 0 Å². The molecule has 1 aromatic carbocycles. The first kappa shape index (κ1) is 20.8. The van der Waals surface area contributed by atoms with Crippen molar-refractivity contribution in [1.29, 1.82) is 0 Å². The van der Waals surface area contributed by atoms with E-state index in [-0.39, 0.29) is 17.7 Å². The van der Waals surface area contributed by atoms with Crippen LogP contribution < -0.4 is 10.6 Å². The van der Waals surface area contributed by atoms with E-state index in [0.29, 0.717) is 25.4 Å². The highest BCUT2D eigenvalue weighted by Gasteiger charge is 2.38. The second-order valence-corrected chi connectivity index (χ2v) is 9.09. The number of nitrogens with zero attached hydrogens (tertiary/aromatic N) is 1. The standard InChI is InChI=1S/C23H35N3O2/c1-16-10-17(2)14-26(13-16)15-20-6-4-19(5-7-20)12-25-22(27)8-9-24-23(28)21-11-18(21)3/h4-7,16-18,21H,8-15H2,1-3H3,(H,24,28)(H,25,27)/t16-,17+,18-,21-/m1/s1. The molecule has 1 aliphatic heterocycles. The average molecular weight is 386 g/mol. The van der Waals surface area contributed by atoms with Crippen molar-refractivity contribution in [2.75, 3.05) is 19.6 Å². The Balaban J connectivity index is 1.34. The van der Waals surface area contributed by atoms with Crippen molar-refractivity contribution < 1.29 is 9.59 Å². The maximum absolute atomic E-state index is 12.0. The third-order valence-corrected chi connectivity index (χ3v) is 5.96. The number of benzene rings is 1. The Hall–Kier alpha value is -1.88. The zero-order chi connectivity index (χ0) is 20.1. The van der Waals surface area contributed by atoms with Crippen LogP contribution in [0.5, 0.6) is 0 Å². The first-order valence-corrected chi connectivity index (χ1v) is 10.7. The number of nitrogens with one attached hydrogen (secondary N) is 2. The van der Waals surface area contributed by atoms with Crippen LogP contribution in [-0.2, 0) is 22.7 Å². The van der Waals surface area contributed by atoms with Gasteiger partial charge in [0.2, 0.25) is 11.8 Å². The van der Waals surface area contributed by atoms with E-state index in [1.807, 2.05) is 0 Å². The zero-order valence-electron chi connectivity index (χ0n) is 17.5. The fraction of sp³-hybridized carbons (Fsp3) is 0.652. The molecular weight excluding hydrogens is 350 g/mol. The molecule has 3 rings (SSSR count). The van der Waals surface area contributed by atoms with Gasteiger partial charge in [-0.3, -0.25) is 14.5 Å². The number of carbonyl (C=O) groups is 2. The molecule has 0 radical (unpaired) electrons. The fourth-order valence-corrected chi connectivity index (χ4v) is 4.35.